The first-order valence-corrected chi connectivity index (χ1v) is 18.9. The normalized spacial score (nSPS) is 26.4. The number of aromatic nitrogens is 2. The fourth-order valence-electron chi connectivity index (χ4n) is 9.46. The number of rotatable bonds is 6. The maximum atomic E-state index is 15.0. The molecule has 0 spiro atoms. The Morgan fingerprint density at radius 3 is 2.54 bits per heavy atom. The van der Waals surface area contributed by atoms with Gasteiger partial charge in [-0.2, -0.15) is 5.10 Å². The smallest absolute Gasteiger partial charge is 0.463 e. The van der Waals surface area contributed by atoms with Gasteiger partial charge in [-0.05, 0) is 91.5 Å². The highest BCUT2D eigenvalue weighted by Crippen LogP contribution is 2.64. The lowest BCUT2D eigenvalue weighted by molar-refractivity contribution is -0.131. The molecule has 2 aliphatic heterocycles. The fourth-order valence-corrected chi connectivity index (χ4v) is 10.8. The minimum Gasteiger partial charge on any atom is -0.463 e. The molecule has 2 saturated heterocycles. The molecule has 4 aliphatic rings. The van der Waals surface area contributed by atoms with Crippen LogP contribution in [0, 0.1) is 36.0 Å². The van der Waals surface area contributed by atoms with Crippen LogP contribution in [0.1, 0.15) is 42.8 Å². The van der Waals surface area contributed by atoms with Gasteiger partial charge >= 0.3 is 7.12 Å². The fraction of sp³-hybridized carbons (Fsp3) is 0.308. The van der Waals surface area contributed by atoms with Gasteiger partial charge in [-0.25, -0.2) is 4.90 Å². The molecule has 274 valence electrons. The van der Waals surface area contributed by atoms with Crippen molar-refractivity contribution < 1.29 is 38.7 Å². The van der Waals surface area contributed by atoms with E-state index in [-0.39, 0.29) is 36.4 Å². The Balaban J connectivity index is 1.13. The van der Waals surface area contributed by atoms with Crippen LogP contribution < -0.4 is 15.3 Å². The molecular formula is C39H34BClN4O8S. The number of nitrogens with zero attached hydrogens (tertiary/aromatic N) is 4. The first-order chi connectivity index (χ1) is 25.8. The summed E-state index contributed by atoms with van der Waals surface area (Å²) in [5.74, 6) is -4.57. The van der Waals surface area contributed by atoms with Crippen molar-refractivity contribution >= 4 is 80.7 Å². The molecule has 2 aliphatic carbocycles. The zero-order valence-corrected chi connectivity index (χ0v) is 31.0. The Labute approximate surface area is 318 Å². The topological polar surface area (TPSA) is 166 Å². The quantitative estimate of drug-likeness (QED) is 0.129. The van der Waals surface area contributed by atoms with Crippen LogP contribution in [0.25, 0.3) is 20.7 Å². The number of furan rings is 1. The van der Waals surface area contributed by atoms with Gasteiger partial charge in [0.15, 0.2) is 0 Å². The second-order valence-electron chi connectivity index (χ2n) is 14.8. The van der Waals surface area contributed by atoms with Gasteiger partial charge in [-0.15, -0.1) is 11.3 Å². The van der Waals surface area contributed by atoms with Gasteiger partial charge in [0.1, 0.15) is 29.6 Å². The van der Waals surface area contributed by atoms with Crippen molar-refractivity contribution in [2.45, 2.75) is 39.2 Å². The molecule has 4 amide bonds. The molecule has 5 heterocycles. The van der Waals surface area contributed by atoms with Crippen molar-refractivity contribution in [2.75, 3.05) is 9.80 Å². The molecule has 3 aromatic heterocycles. The number of imide groups is 2. The Kier molecular flexibility index (Phi) is 7.97. The summed E-state index contributed by atoms with van der Waals surface area (Å²) in [6.45, 7) is 3.38. The van der Waals surface area contributed by atoms with Crippen LogP contribution in [-0.2, 0) is 32.8 Å². The minimum atomic E-state index is -1.79. The van der Waals surface area contributed by atoms with Gasteiger partial charge in [-0.3, -0.25) is 28.8 Å². The number of benzene rings is 2. The molecule has 0 radical (unpaired) electrons. The third-order valence-electron chi connectivity index (χ3n) is 12.0. The molecule has 5 aromatic rings. The summed E-state index contributed by atoms with van der Waals surface area (Å²) in [5, 5.41) is 35.9. The highest BCUT2D eigenvalue weighted by Gasteiger charge is 2.68. The summed E-state index contributed by atoms with van der Waals surface area (Å²) in [6.07, 6.45) is 2.28. The average Bonchev–Trinajstić information content (AvgIpc) is 3.94. The summed E-state index contributed by atoms with van der Waals surface area (Å²) in [5.41, 5.74) is 1.34. The Morgan fingerprint density at radius 2 is 1.80 bits per heavy atom. The third kappa shape index (κ3) is 4.83. The first-order valence-electron chi connectivity index (χ1n) is 17.7. The van der Waals surface area contributed by atoms with Crippen molar-refractivity contribution in [3.05, 3.63) is 94.4 Å². The molecule has 3 fully saturated rings. The lowest BCUT2D eigenvalue weighted by Gasteiger charge is -2.48. The Bertz CT molecular complexity index is 2490. The summed E-state index contributed by atoms with van der Waals surface area (Å²) in [6, 6.07) is 16.8. The van der Waals surface area contributed by atoms with E-state index in [1.54, 1.807) is 55.6 Å². The van der Waals surface area contributed by atoms with Crippen LogP contribution in [0.5, 0.6) is 0 Å². The molecular weight excluding hydrogens is 731 g/mol. The molecule has 6 atom stereocenters. The number of carbonyl (C=O) groups is 4. The van der Waals surface area contributed by atoms with E-state index < -0.39 is 65.8 Å². The highest BCUT2D eigenvalue weighted by atomic mass is 35.5. The number of carbonyl (C=O) groups excluding carboxylic acids is 4. The summed E-state index contributed by atoms with van der Waals surface area (Å²) in [4.78, 5) is 61.3. The van der Waals surface area contributed by atoms with Crippen molar-refractivity contribution in [2.24, 2.45) is 36.1 Å². The van der Waals surface area contributed by atoms with E-state index in [4.69, 9.17) is 21.1 Å². The van der Waals surface area contributed by atoms with Crippen LogP contribution in [0.15, 0.2) is 76.7 Å². The van der Waals surface area contributed by atoms with Gasteiger partial charge in [0.05, 0.1) is 39.7 Å². The number of aliphatic hydroxyl groups excluding tert-OH is 1. The van der Waals surface area contributed by atoms with Crippen molar-refractivity contribution in [3.63, 3.8) is 0 Å². The molecule has 0 unspecified atom stereocenters. The minimum absolute atomic E-state index is 0.133. The van der Waals surface area contributed by atoms with E-state index in [2.05, 4.69) is 0 Å². The molecule has 15 heteroatoms. The highest BCUT2D eigenvalue weighted by molar-refractivity contribution is 7.22. The van der Waals surface area contributed by atoms with Crippen LogP contribution in [0.4, 0.5) is 11.5 Å². The predicted molar refractivity (Wildman–Crippen MR) is 202 cm³/mol. The van der Waals surface area contributed by atoms with E-state index >= 15 is 0 Å². The van der Waals surface area contributed by atoms with Crippen LogP contribution in [0.2, 0.25) is 5.02 Å². The number of anilines is 2. The van der Waals surface area contributed by atoms with Crippen LogP contribution in [0.3, 0.4) is 0 Å². The lowest BCUT2D eigenvalue weighted by atomic mass is 9.52. The van der Waals surface area contributed by atoms with Crippen molar-refractivity contribution in [3.8, 4) is 10.6 Å². The van der Waals surface area contributed by atoms with Gasteiger partial charge < -0.3 is 19.6 Å². The van der Waals surface area contributed by atoms with Crippen molar-refractivity contribution in [1.82, 2.24) is 9.78 Å². The summed E-state index contributed by atoms with van der Waals surface area (Å²) < 4.78 is 8.69. The average molecular weight is 765 g/mol. The van der Waals surface area contributed by atoms with E-state index in [9.17, 15) is 34.3 Å². The predicted octanol–water partition coefficient (Wildman–Crippen LogP) is 4.46. The zero-order chi connectivity index (χ0) is 38.0. The third-order valence-corrected chi connectivity index (χ3v) is 13.6. The number of amides is 4. The molecule has 54 heavy (non-hydrogen) atoms. The summed E-state index contributed by atoms with van der Waals surface area (Å²) in [7, 11) is -0.102. The standard InChI is InChI=1S/C39H34BClN4O8S/c1-18-25-14-20(41)7-12-30(25)54-34(18)28-16-31(43(3)42-28)45-36(48)27-15-26-23(33(39(27,2)38(45)50)29-11-8-22(17-46)53-29)9-10-24-32(26)37(49)44(35(24)47)21-6-4-5-19(13-21)40(51)52/h4-9,11-14,16,24,26-27,32-33,46,51-52H,10,15,17H2,1-3H3/t24-,26+,27-,32-,33+,39+/m0/s1. The van der Waals surface area contributed by atoms with E-state index in [1.807, 2.05) is 31.2 Å². The lowest BCUT2D eigenvalue weighted by Crippen LogP contribution is -2.48. The Hall–Kier alpha value is -4.86. The largest absolute Gasteiger partial charge is 0.488 e. The number of aliphatic hydroxyl groups is 1. The number of hydrogen-bond acceptors (Lipinski definition) is 10. The van der Waals surface area contributed by atoms with Gasteiger partial charge in [0.25, 0.3) is 0 Å². The number of hydrogen-bond donors (Lipinski definition) is 3. The molecule has 2 aromatic carbocycles. The molecule has 0 bridgehead atoms. The second kappa shape index (κ2) is 12.3. The first kappa shape index (κ1) is 34.9. The maximum Gasteiger partial charge on any atom is 0.488 e. The maximum absolute atomic E-state index is 15.0. The van der Waals surface area contributed by atoms with Gasteiger partial charge in [0, 0.05) is 22.8 Å². The second-order valence-corrected chi connectivity index (χ2v) is 16.3. The van der Waals surface area contributed by atoms with E-state index in [1.165, 1.54) is 21.7 Å². The van der Waals surface area contributed by atoms with Crippen LogP contribution >= 0.6 is 22.9 Å². The molecule has 1 saturated carbocycles. The van der Waals surface area contributed by atoms with E-state index in [0.717, 1.165) is 31.0 Å². The number of allylic oxidation sites excluding steroid dienone is 2. The number of halogens is 1. The zero-order valence-electron chi connectivity index (χ0n) is 29.4. The van der Waals surface area contributed by atoms with E-state index in [0.29, 0.717) is 22.3 Å². The number of fused-ring (bicyclic) bond motifs is 5. The molecule has 9 rings (SSSR count). The van der Waals surface area contributed by atoms with Gasteiger partial charge in [0.2, 0.25) is 23.6 Å². The number of thiophene rings is 1. The van der Waals surface area contributed by atoms with Crippen LogP contribution in [-0.4, -0.2) is 55.7 Å². The van der Waals surface area contributed by atoms with Gasteiger partial charge in [-0.1, -0.05) is 35.4 Å². The monoisotopic (exact) mass is 764 g/mol. The Morgan fingerprint density at radius 1 is 1.00 bits per heavy atom. The number of aryl methyl sites for hydroxylation is 2. The van der Waals surface area contributed by atoms with Crippen molar-refractivity contribution in [1.29, 1.82) is 0 Å². The SMILES string of the molecule is Cc1c(-c2cc(N3C(=O)[C@@H]4C[C@@H]5C(=CC[C@@H]6C(=O)N(c7cccc(B(O)O)c7)C(=O)[C@@H]65)[C@H](c5ccc(CO)o5)[C@]4(C)C3=O)n(C)n2)sc2ccc(Cl)cc12. The summed E-state index contributed by atoms with van der Waals surface area (Å²) >= 11 is 7.84. The molecule has 12 nitrogen and oxygen atoms in total. The molecule has 3 N–H and O–H groups in total.